The molecule has 0 saturated carbocycles. The van der Waals surface area contributed by atoms with Gasteiger partial charge in [-0.1, -0.05) is 17.7 Å². The normalized spacial score (nSPS) is 12.5. The number of hydrogen-bond acceptors (Lipinski definition) is 2. The number of benzene rings is 1. The molecule has 1 aromatic carbocycles. The molecule has 2 N–H and O–H groups in total. The Labute approximate surface area is 90.1 Å². The van der Waals surface area contributed by atoms with Gasteiger partial charge in [-0.3, -0.25) is 4.79 Å². The number of aryl methyl sites for hydroxylation is 3. The summed E-state index contributed by atoms with van der Waals surface area (Å²) in [6.07, 6.45) is 0. The van der Waals surface area contributed by atoms with E-state index in [1.54, 1.807) is 7.05 Å². The van der Waals surface area contributed by atoms with Crippen molar-refractivity contribution in [2.45, 2.75) is 26.8 Å². The minimum atomic E-state index is -0.840. The molecule has 3 nitrogen and oxygen atoms in total. The summed E-state index contributed by atoms with van der Waals surface area (Å²) in [4.78, 5) is 11.1. The van der Waals surface area contributed by atoms with Crippen LogP contribution >= 0.6 is 0 Å². The molecule has 0 aliphatic carbocycles. The maximum absolute atomic E-state index is 11.1. The van der Waals surface area contributed by atoms with Gasteiger partial charge >= 0.3 is 5.97 Å². The first kappa shape index (κ1) is 11.7. The zero-order valence-corrected chi connectivity index (χ0v) is 9.59. The Morgan fingerprint density at radius 3 is 2.07 bits per heavy atom. The van der Waals surface area contributed by atoms with Crippen LogP contribution in [0.4, 0.5) is 0 Å². The lowest BCUT2D eigenvalue weighted by Gasteiger charge is -2.17. The zero-order chi connectivity index (χ0) is 11.6. The highest BCUT2D eigenvalue weighted by molar-refractivity contribution is 5.76. The number of rotatable bonds is 3. The van der Waals surface area contributed by atoms with Gasteiger partial charge in [0.1, 0.15) is 6.04 Å². The Morgan fingerprint density at radius 2 is 1.73 bits per heavy atom. The van der Waals surface area contributed by atoms with Crippen LogP contribution in [0.2, 0.25) is 0 Å². The number of aliphatic carboxylic acids is 1. The van der Waals surface area contributed by atoms with Crippen LogP contribution in [0, 0.1) is 20.8 Å². The summed E-state index contributed by atoms with van der Waals surface area (Å²) in [6, 6.07) is 3.40. The Hall–Kier alpha value is -1.35. The summed E-state index contributed by atoms with van der Waals surface area (Å²) >= 11 is 0. The molecule has 82 valence electrons. The van der Waals surface area contributed by atoms with Crippen molar-refractivity contribution in [3.63, 3.8) is 0 Å². The van der Waals surface area contributed by atoms with E-state index in [4.69, 9.17) is 5.11 Å². The second kappa shape index (κ2) is 4.45. The molecule has 0 saturated heterocycles. The molecule has 1 rings (SSSR count). The third kappa shape index (κ3) is 2.36. The third-order valence-electron chi connectivity index (χ3n) is 2.56. The first-order valence-electron chi connectivity index (χ1n) is 4.95. The molecule has 1 unspecified atom stereocenters. The molecule has 0 aliphatic rings. The molecular formula is C12H17NO2. The van der Waals surface area contributed by atoms with Crippen molar-refractivity contribution in [1.29, 1.82) is 0 Å². The van der Waals surface area contributed by atoms with Crippen molar-refractivity contribution in [3.8, 4) is 0 Å². The Bertz CT molecular complexity index is 362. The van der Waals surface area contributed by atoms with Crippen molar-refractivity contribution in [2.75, 3.05) is 7.05 Å². The van der Waals surface area contributed by atoms with Crippen molar-refractivity contribution >= 4 is 5.97 Å². The second-order valence-corrected chi connectivity index (χ2v) is 3.87. The first-order valence-corrected chi connectivity index (χ1v) is 4.95. The van der Waals surface area contributed by atoms with Gasteiger partial charge in [0, 0.05) is 0 Å². The summed E-state index contributed by atoms with van der Waals surface area (Å²) in [5.41, 5.74) is 4.08. The smallest absolute Gasteiger partial charge is 0.325 e. The van der Waals surface area contributed by atoms with E-state index >= 15 is 0 Å². The molecule has 0 aliphatic heterocycles. The first-order chi connectivity index (χ1) is 6.97. The van der Waals surface area contributed by atoms with Crippen LogP contribution in [0.5, 0.6) is 0 Å². The highest BCUT2D eigenvalue weighted by Crippen LogP contribution is 2.23. The zero-order valence-electron chi connectivity index (χ0n) is 9.59. The van der Waals surface area contributed by atoms with Gasteiger partial charge in [0.25, 0.3) is 0 Å². The van der Waals surface area contributed by atoms with Gasteiger partial charge in [-0.05, 0) is 44.5 Å². The lowest BCUT2D eigenvalue weighted by molar-refractivity contribution is -0.139. The van der Waals surface area contributed by atoms with E-state index in [2.05, 4.69) is 5.32 Å². The molecule has 3 heteroatoms. The molecule has 0 bridgehead atoms. The summed E-state index contributed by atoms with van der Waals surface area (Å²) in [5.74, 6) is -0.840. The molecule has 1 atom stereocenters. The lowest BCUT2D eigenvalue weighted by Crippen LogP contribution is -2.26. The van der Waals surface area contributed by atoms with E-state index in [1.807, 2.05) is 32.9 Å². The molecule has 0 fully saturated rings. The highest BCUT2D eigenvalue weighted by atomic mass is 16.4. The monoisotopic (exact) mass is 207 g/mol. The summed E-state index contributed by atoms with van der Waals surface area (Å²) in [7, 11) is 1.66. The summed E-state index contributed by atoms with van der Waals surface area (Å²) in [5, 5.41) is 11.9. The maximum atomic E-state index is 11.1. The number of likely N-dealkylation sites (N-methyl/N-ethyl adjacent to an activating group) is 1. The van der Waals surface area contributed by atoms with Gasteiger partial charge in [0.15, 0.2) is 0 Å². The second-order valence-electron chi connectivity index (χ2n) is 3.87. The van der Waals surface area contributed by atoms with E-state index in [0.717, 1.165) is 22.3 Å². The van der Waals surface area contributed by atoms with Crippen LogP contribution in [0.3, 0.4) is 0 Å². The van der Waals surface area contributed by atoms with Crippen molar-refractivity contribution in [2.24, 2.45) is 0 Å². The van der Waals surface area contributed by atoms with E-state index in [9.17, 15) is 4.79 Å². The van der Waals surface area contributed by atoms with E-state index in [-0.39, 0.29) is 0 Å². The van der Waals surface area contributed by atoms with Gasteiger partial charge < -0.3 is 10.4 Å². The summed E-state index contributed by atoms with van der Waals surface area (Å²) in [6.45, 7) is 5.91. The fourth-order valence-corrected chi connectivity index (χ4v) is 2.04. The van der Waals surface area contributed by atoms with Crippen molar-refractivity contribution < 1.29 is 9.90 Å². The van der Waals surface area contributed by atoms with Gasteiger partial charge in [-0.25, -0.2) is 0 Å². The Balaban J connectivity index is 3.29. The molecule has 0 aromatic heterocycles. The van der Waals surface area contributed by atoms with Crippen LogP contribution in [0.1, 0.15) is 28.3 Å². The van der Waals surface area contributed by atoms with Crippen molar-refractivity contribution in [3.05, 3.63) is 34.4 Å². The molecule has 15 heavy (non-hydrogen) atoms. The Morgan fingerprint density at radius 1 is 1.27 bits per heavy atom. The van der Waals surface area contributed by atoms with Crippen LogP contribution in [0.25, 0.3) is 0 Å². The van der Waals surface area contributed by atoms with Crippen LogP contribution < -0.4 is 5.32 Å². The predicted octanol–water partition coefficient (Wildman–Crippen LogP) is 1.96. The lowest BCUT2D eigenvalue weighted by atomic mass is 9.94. The Kier molecular flexibility index (Phi) is 3.48. The molecule has 0 radical (unpaired) electrons. The summed E-state index contributed by atoms with van der Waals surface area (Å²) < 4.78 is 0. The molecule has 0 heterocycles. The van der Waals surface area contributed by atoms with Gasteiger partial charge in [-0.2, -0.15) is 0 Å². The fourth-order valence-electron chi connectivity index (χ4n) is 2.04. The predicted molar refractivity (Wildman–Crippen MR) is 60.1 cm³/mol. The molecular weight excluding hydrogens is 190 g/mol. The van der Waals surface area contributed by atoms with Crippen LogP contribution in [-0.4, -0.2) is 18.1 Å². The van der Waals surface area contributed by atoms with Crippen LogP contribution in [0.15, 0.2) is 12.1 Å². The highest BCUT2D eigenvalue weighted by Gasteiger charge is 2.21. The van der Waals surface area contributed by atoms with Crippen LogP contribution in [-0.2, 0) is 4.79 Å². The number of nitrogens with one attached hydrogen (secondary N) is 1. The minimum Gasteiger partial charge on any atom is -0.480 e. The molecule has 0 amide bonds. The van der Waals surface area contributed by atoms with Gasteiger partial charge in [-0.15, -0.1) is 0 Å². The quantitative estimate of drug-likeness (QED) is 0.796. The fraction of sp³-hybridized carbons (Fsp3) is 0.417. The molecule has 0 spiro atoms. The van der Waals surface area contributed by atoms with E-state index in [1.165, 1.54) is 0 Å². The SMILES string of the molecule is CNC(C(=O)O)c1c(C)cc(C)cc1C. The number of carboxylic acids is 1. The number of hydrogen-bond donors (Lipinski definition) is 2. The number of carboxylic acid groups (broad SMARTS) is 1. The van der Waals surface area contributed by atoms with Crippen molar-refractivity contribution in [1.82, 2.24) is 5.32 Å². The van der Waals surface area contributed by atoms with E-state index < -0.39 is 12.0 Å². The third-order valence-corrected chi connectivity index (χ3v) is 2.56. The van der Waals surface area contributed by atoms with Gasteiger partial charge in [0.2, 0.25) is 0 Å². The largest absolute Gasteiger partial charge is 0.480 e. The number of carbonyl (C=O) groups is 1. The maximum Gasteiger partial charge on any atom is 0.325 e. The molecule has 1 aromatic rings. The average Bonchev–Trinajstić information content (AvgIpc) is 2.09. The standard InChI is InChI=1S/C12H17NO2/c1-7-5-8(2)10(9(3)6-7)11(13-4)12(14)15/h5-6,11,13H,1-4H3,(H,14,15). The van der Waals surface area contributed by atoms with E-state index in [0.29, 0.717) is 0 Å². The average molecular weight is 207 g/mol. The topological polar surface area (TPSA) is 49.3 Å². The van der Waals surface area contributed by atoms with Gasteiger partial charge in [0.05, 0.1) is 0 Å². The minimum absolute atomic E-state index is 0.620.